The highest BCUT2D eigenvalue weighted by Crippen LogP contribution is 2.29. The van der Waals surface area contributed by atoms with Gasteiger partial charge in [0.25, 0.3) is 0 Å². The van der Waals surface area contributed by atoms with Gasteiger partial charge in [-0.15, -0.1) is 11.6 Å². The molecule has 2 aromatic rings. The number of aromatic nitrogens is 2. The van der Waals surface area contributed by atoms with E-state index in [0.29, 0.717) is 17.3 Å². The van der Waals surface area contributed by atoms with E-state index >= 15 is 0 Å². The Hall–Kier alpha value is -0.800. The van der Waals surface area contributed by atoms with Crippen LogP contribution >= 0.6 is 23.2 Å². The molecule has 0 saturated heterocycles. The summed E-state index contributed by atoms with van der Waals surface area (Å²) in [5.74, 6) is 1.36. The number of rotatable bonds is 6. The second-order valence-electron chi connectivity index (χ2n) is 5.96. The second-order valence-corrected chi connectivity index (χ2v) is 6.63. The van der Waals surface area contributed by atoms with Crippen LogP contribution in [0.1, 0.15) is 51.9 Å². The van der Waals surface area contributed by atoms with Gasteiger partial charge in [0.05, 0.1) is 21.9 Å². The van der Waals surface area contributed by atoms with Gasteiger partial charge < -0.3 is 4.57 Å². The topological polar surface area (TPSA) is 17.8 Å². The number of hydrogen-bond acceptors (Lipinski definition) is 1. The molecular weight excluding hydrogens is 310 g/mol. The summed E-state index contributed by atoms with van der Waals surface area (Å²) < 4.78 is 15.8. The maximum Gasteiger partial charge on any atom is 0.144 e. The summed E-state index contributed by atoms with van der Waals surface area (Å²) in [6.45, 7) is 6.57. The second kappa shape index (κ2) is 6.97. The SMILES string of the molecule is CC(C)CCCC(C)n1c(CCl)nc2cc(Cl)c(F)cc21. The van der Waals surface area contributed by atoms with E-state index in [2.05, 4.69) is 25.8 Å². The molecule has 1 aromatic carbocycles. The molecule has 1 heterocycles. The van der Waals surface area contributed by atoms with Crippen LogP contribution in [0.4, 0.5) is 4.39 Å². The minimum atomic E-state index is -0.416. The quantitative estimate of drug-likeness (QED) is 0.598. The van der Waals surface area contributed by atoms with Gasteiger partial charge in [-0.05, 0) is 25.3 Å². The number of halogens is 3. The summed E-state index contributed by atoms with van der Waals surface area (Å²) in [6.07, 6.45) is 3.35. The van der Waals surface area contributed by atoms with E-state index in [4.69, 9.17) is 23.2 Å². The summed E-state index contributed by atoms with van der Waals surface area (Å²) in [5.41, 5.74) is 1.47. The lowest BCUT2D eigenvalue weighted by molar-refractivity contribution is 0.447. The lowest BCUT2D eigenvalue weighted by atomic mass is 10.0. The predicted octanol–water partition coefficient (Wildman–Crippen LogP) is 5.95. The minimum absolute atomic E-state index is 0.0979. The van der Waals surface area contributed by atoms with Crippen LogP contribution in [-0.2, 0) is 5.88 Å². The first-order valence-electron chi connectivity index (χ1n) is 7.35. The van der Waals surface area contributed by atoms with Gasteiger partial charge in [-0.2, -0.15) is 0 Å². The number of nitrogens with zero attached hydrogens (tertiary/aromatic N) is 2. The molecule has 1 unspecified atom stereocenters. The molecule has 0 spiro atoms. The Bertz CT molecular complexity index is 622. The Morgan fingerprint density at radius 3 is 2.57 bits per heavy atom. The highest BCUT2D eigenvalue weighted by Gasteiger charge is 2.17. The third-order valence-corrected chi connectivity index (χ3v) is 4.30. The fraction of sp³-hybridized carbons (Fsp3) is 0.562. The van der Waals surface area contributed by atoms with E-state index in [1.165, 1.54) is 12.5 Å². The van der Waals surface area contributed by atoms with Crippen LogP contribution in [0.25, 0.3) is 11.0 Å². The van der Waals surface area contributed by atoms with E-state index in [9.17, 15) is 4.39 Å². The Morgan fingerprint density at radius 2 is 1.95 bits per heavy atom. The molecule has 0 aliphatic heterocycles. The molecule has 0 fully saturated rings. The zero-order valence-corrected chi connectivity index (χ0v) is 14.2. The van der Waals surface area contributed by atoms with Gasteiger partial charge in [0.2, 0.25) is 0 Å². The van der Waals surface area contributed by atoms with Crippen LogP contribution in [0, 0.1) is 11.7 Å². The molecular formula is C16H21Cl2FN2. The molecule has 0 aliphatic rings. The van der Waals surface area contributed by atoms with Crippen molar-refractivity contribution in [2.45, 2.75) is 52.0 Å². The highest BCUT2D eigenvalue weighted by molar-refractivity contribution is 6.31. The lowest BCUT2D eigenvalue weighted by Crippen LogP contribution is -2.09. The smallest absolute Gasteiger partial charge is 0.144 e. The molecule has 1 aromatic heterocycles. The molecule has 2 rings (SSSR count). The standard InChI is InChI=1S/C16H21Cl2FN2/c1-10(2)5-4-6-11(3)21-15-8-13(19)12(18)7-14(15)20-16(21)9-17/h7-8,10-11H,4-6,9H2,1-3H3. The molecule has 0 saturated carbocycles. The van der Waals surface area contributed by atoms with Gasteiger partial charge in [0.15, 0.2) is 0 Å². The van der Waals surface area contributed by atoms with Gasteiger partial charge >= 0.3 is 0 Å². The monoisotopic (exact) mass is 330 g/mol. The summed E-state index contributed by atoms with van der Waals surface area (Å²) in [5, 5.41) is 0.0979. The molecule has 5 heteroatoms. The third-order valence-electron chi connectivity index (χ3n) is 3.77. The van der Waals surface area contributed by atoms with Crippen molar-refractivity contribution in [3.8, 4) is 0 Å². The minimum Gasteiger partial charge on any atom is -0.324 e. The van der Waals surface area contributed by atoms with Crippen molar-refractivity contribution < 1.29 is 4.39 Å². The number of benzene rings is 1. The predicted molar refractivity (Wildman–Crippen MR) is 87.7 cm³/mol. The van der Waals surface area contributed by atoms with E-state index in [0.717, 1.165) is 24.2 Å². The molecule has 0 amide bonds. The van der Waals surface area contributed by atoms with Crippen LogP contribution in [0.5, 0.6) is 0 Å². The van der Waals surface area contributed by atoms with Crippen LogP contribution in [-0.4, -0.2) is 9.55 Å². The third kappa shape index (κ3) is 3.70. The molecule has 116 valence electrons. The lowest BCUT2D eigenvalue weighted by Gasteiger charge is -2.17. The van der Waals surface area contributed by atoms with E-state index in [1.54, 1.807) is 6.07 Å². The molecule has 0 radical (unpaired) electrons. The fourth-order valence-corrected chi connectivity index (χ4v) is 3.02. The van der Waals surface area contributed by atoms with E-state index in [1.807, 2.05) is 4.57 Å². The Kier molecular flexibility index (Phi) is 5.50. The van der Waals surface area contributed by atoms with Crippen molar-refractivity contribution in [1.82, 2.24) is 9.55 Å². The number of hydrogen-bond donors (Lipinski definition) is 0. The van der Waals surface area contributed by atoms with E-state index in [-0.39, 0.29) is 11.1 Å². The molecule has 0 aliphatic carbocycles. The number of alkyl halides is 1. The maximum absolute atomic E-state index is 13.8. The highest BCUT2D eigenvalue weighted by atomic mass is 35.5. The number of imidazole rings is 1. The average molecular weight is 331 g/mol. The van der Waals surface area contributed by atoms with Crippen molar-refractivity contribution in [3.05, 3.63) is 28.8 Å². The summed E-state index contributed by atoms with van der Waals surface area (Å²) >= 11 is 11.8. The first kappa shape index (κ1) is 16.6. The molecule has 21 heavy (non-hydrogen) atoms. The Morgan fingerprint density at radius 1 is 1.24 bits per heavy atom. The van der Waals surface area contributed by atoms with Crippen LogP contribution in [0.3, 0.4) is 0 Å². The fourth-order valence-electron chi connectivity index (χ4n) is 2.68. The van der Waals surface area contributed by atoms with Gasteiger partial charge in [-0.1, -0.05) is 38.3 Å². The summed E-state index contributed by atoms with van der Waals surface area (Å²) in [7, 11) is 0. The largest absolute Gasteiger partial charge is 0.324 e. The number of fused-ring (bicyclic) bond motifs is 1. The maximum atomic E-state index is 13.8. The van der Waals surface area contributed by atoms with Crippen LogP contribution in [0.2, 0.25) is 5.02 Å². The Labute approximate surface area is 135 Å². The van der Waals surface area contributed by atoms with Crippen molar-refractivity contribution in [3.63, 3.8) is 0 Å². The van der Waals surface area contributed by atoms with E-state index < -0.39 is 5.82 Å². The van der Waals surface area contributed by atoms with Crippen LogP contribution in [0.15, 0.2) is 12.1 Å². The van der Waals surface area contributed by atoms with Gasteiger partial charge in [0, 0.05) is 12.1 Å². The first-order chi connectivity index (χ1) is 9.93. The van der Waals surface area contributed by atoms with Gasteiger partial charge in [0.1, 0.15) is 11.6 Å². The molecule has 1 atom stereocenters. The normalized spacial score (nSPS) is 13.3. The first-order valence-corrected chi connectivity index (χ1v) is 8.27. The zero-order valence-electron chi connectivity index (χ0n) is 12.7. The average Bonchev–Trinajstić information content (AvgIpc) is 2.76. The summed E-state index contributed by atoms with van der Waals surface area (Å²) in [6, 6.07) is 3.27. The summed E-state index contributed by atoms with van der Waals surface area (Å²) in [4.78, 5) is 4.48. The van der Waals surface area contributed by atoms with Gasteiger partial charge in [-0.25, -0.2) is 9.37 Å². The van der Waals surface area contributed by atoms with Crippen molar-refractivity contribution in [2.24, 2.45) is 5.92 Å². The van der Waals surface area contributed by atoms with Crippen LogP contribution < -0.4 is 0 Å². The van der Waals surface area contributed by atoms with Crippen molar-refractivity contribution in [1.29, 1.82) is 0 Å². The van der Waals surface area contributed by atoms with Crippen molar-refractivity contribution in [2.75, 3.05) is 0 Å². The zero-order chi connectivity index (χ0) is 15.6. The van der Waals surface area contributed by atoms with Gasteiger partial charge in [-0.3, -0.25) is 0 Å². The van der Waals surface area contributed by atoms with Crippen molar-refractivity contribution >= 4 is 34.2 Å². The molecule has 0 bridgehead atoms. The molecule has 0 N–H and O–H groups in total. The molecule has 2 nitrogen and oxygen atoms in total. The Balaban J connectivity index is 2.34.